The van der Waals surface area contributed by atoms with Crippen LogP contribution >= 0.6 is 39.1 Å². The van der Waals surface area contributed by atoms with Crippen LogP contribution in [0.25, 0.3) is 17.0 Å². The first-order chi connectivity index (χ1) is 8.63. The summed E-state index contributed by atoms with van der Waals surface area (Å²) in [5.74, 6) is 0.488. The Hall–Kier alpha value is -1.10. The summed E-state index contributed by atoms with van der Waals surface area (Å²) in [6, 6.07) is 9.45. The Morgan fingerprint density at radius 3 is 2.72 bits per heavy atom. The number of nitrogens with zero attached hydrogens (tertiary/aromatic N) is 3. The first kappa shape index (κ1) is 12.0. The van der Waals surface area contributed by atoms with Crippen molar-refractivity contribution in [3.05, 3.63) is 51.3 Å². The highest BCUT2D eigenvalue weighted by molar-refractivity contribution is 9.10. The van der Waals surface area contributed by atoms with Crippen molar-refractivity contribution in [2.75, 3.05) is 0 Å². The topological polar surface area (TPSA) is 30.2 Å². The highest BCUT2D eigenvalue weighted by Gasteiger charge is 2.09. The van der Waals surface area contributed by atoms with E-state index in [1.54, 1.807) is 10.5 Å². The number of fused-ring (bicyclic) bond motifs is 1. The number of imidazole rings is 1. The zero-order valence-corrected chi connectivity index (χ0v) is 12.0. The first-order valence-electron chi connectivity index (χ1n) is 5.10. The van der Waals surface area contributed by atoms with E-state index in [9.17, 15) is 0 Å². The lowest BCUT2D eigenvalue weighted by atomic mass is 10.2. The molecule has 3 aromatic rings. The summed E-state index contributed by atoms with van der Waals surface area (Å²) in [4.78, 5) is 8.53. The lowest BCUT2D eigenvalue weighted by molar-refractivity contribution is 1.11. The Labute approximate surface area is 122 Å². The third kappa shape index (κ3) is 2.11. The summed E-state index contributed by atoms with van der Waals surface area (Å²) in [6.07, 6.45) is 1.84. The molecule has 0 N–H and O–H groups in total. The average molecular weight is 343 g/mol. The zero-order chi connectivity index (χ0) is 12.7. The lowest BCUT2D eigenvalue weighted by Crippen LogP contribution is -1.88. The summed E-state index contributed by atoms with van der Waals surface area (Å²) in [6.45, 7) is 0. The smallest absolute Gasteiger partial charge is 0.236 e. The van der Waals surface area contributed by atoms with Crippen molar-refractivity contribution in [2.45, 2.75) is 0 Å². The molecule has 0 bridgehead atoms. The molecular formula is C12H6BrCl2N3. The zero-order valence-electron chi connectivity index (χ0n) is 8.94. The fourth-order valence-corrected chi connectivity index (χ4v) is 2.55. The third-order valence-electron chi connectivity index (χ3n) is 2.48. The first-order valence-corrected chi connectivity index (χ1v) is 6.65. The van der Waals surface area contributed by atoms with Crippen molar-refractivity contribution in [1.29, 1.82) is 0 Å². The minimum absolute atomic E-state index is 0.332. The average Bonchev–Trinajstić information content (AvgIpc) is 2.73. The van der Waals surface area contributed by atoms with E-state index in [0.717, 1.165) is 15.7 Å². The van der Waals surface area contributed by atoms with Crippen molar-refractivity contribution < 1.29 is 0 Å². The Balaban J connectivity index is 2.22. The predicted molar refractivity (Wildman–Crippen MR) is 76.1 cm³/mol. The van der Waals surface area contributed by atoms with Gasteiger partial charge in [0.2, 0.25) is 5.78 Å². The van der Waals surface area contributed by atoms with Gasteiger partial charge in [-0.2, -0.15) is 0 Å². The Kier molecular flexibility index (Phi) is 3.01. The van der Waals surface area contributed by atoms with Crippen LogP contribution in [0.2, 0.25) is 10.3 Å². The second-order valence-corrected chi connectivity index (χ2v) is 5.40. The van der Waals surface area contributed by atoms with E-state index in [-0.39, 0.29) is 0 Å². The molecule has 0 atom stereocenters. The van der Waals surface area contributed by atoms with Gasteiger partial charge in [-0.05, 0) is 12.1 Å². The second-order valence-electron chi connectivity index (χ2n) is 3.71. The fourth-order valence-electron chi connectivity index (χ4n) is 1.69. The van der Waals surface area contributed by atoms with Crippen LogP contribution in [0.15, 0.2) is 41.0 Å². The van der Waals surface area contributed by atoms with Crippen molar-refractivity contribution in [2.24, 2.45) is 0 Å². The standard InChI is InChI=1S/C12H6BrCl2N3/c13-8-3-1-2-7(4-8)9-6-18-11(15)5-10(14)17-12(18)16-9/h1-6H. The van der Waals surface area contributed by atoms with E-state index in [2.05, 4.69) is 25.9 Å². The van der Waals surface area contributed by atoms with Gasteiger partial charge in [0.05, 0.1) is 5.69 Å². The van der Waals surface area contributed by atoms with Crippen LogP contribution < -0.4 is 0 Å². The maximum atomic E-state index is 6.08. The highest BCUT2D eigenvalue weighted by atomic mass is 79.9. The van der Waals surface area contributed by atoms with Gasteiger partial charge in [0.25, 0.3) is 0 Å². The van der Waals surface area contributed by atoms with Crippen molar-refractivity contribution >= 4 is 44.9 Å². The van der Waals surface area contributed by atoms with Gasteiger partial charge in [0.1, 0.15) is 10.3 Å². The van der Waals surface area contributed by atoms with Crippen LogP contribution in [-0.4, -0.2) is 14.4 Å². The van der Waals surface area contributed by atoms with E-state index >= 15 is 0 Å². The molecule has 0 saturated carbocycles. The van der Waals surface area contributed by atoms with Crippen LogP contribution in [-0.2, 0) is 0 Å². The van der Waals surface area contributed by atoms with E-state index in [0.29, 0.717) is 16.1 Å². The van der Waals surface area contributed by atoms with Crippen LogP contribution in [0.3, 0.4) is 0 Å². The molecule has 0 radical (unpaired) electrons. The molecule has 0 spiro atoms. The van der Waals surface area contributed by atoms with Gasteiger partial charge < -0.3 is 0 Å². The molecule has 3 rings (SSSR count). The molecule has 90 valence electrons. The Bertz CT molecular complexity index is 739. The minimum atomic E-state index is 0.332. The number of aromatic nitrogens is 3. The maximum Gasteiger partial charge on any atom is 0.236 e. The van der Waals surface area contributed by atoms with Crippen LogP contribution in [0.4, 0.5) is 0 Å². The molecule has 3 nitrogen and oxygen atoms in total. The summed E-state index contributed by atoms with van der Waals surface area (Å²) in [7, 11) is 0. The summed E-state index contributed by atoms with van der Waals surface area (Å²) in [5, 5.41) is 0.817. The van der Waals surface area contributed by atoms with E-state index < -0.39 is 0 Å². The van der Waals surface area contributed by atoms with E-state index in [4.69, 9.17) is 23.2 Å². The highest BCUT2D eigenvalue weighted by Crippen LogP contribution is 2.24. The van der Waals surface area contributed by atoms with E-state index in [1.165, 1.54) is 0 Å². The number of hydrogen-bond donors (Lipinski definition) is 0. The lowest BCUT2D eigenvalue weighted by Gasteiger charge is -1.96. The molecule has 18 heavy (non-hydrogen) atoms. The van der Waals surface area contributed by atoms with Gasteiger partial charge in [-0.15, -0.1) is 0 Å². The quantitative estimate of drug-likeness (QED) is 0.611. The molecule has 6 heteroatoms. The Morgan fingerprint density at radius 1 is 1.11 bits per heavy atom. The van der Waals surface area contributed by atoms with Crippen LogP contribution in [0, 0.1) is 0 Å². The van der Waals surface area contributed by atoms with Crippen molar-refractivity contribution in [3.63, 3.8) is 0 Å². The molecule has 0 aliphatic rings. The molecule has 0 saturated heterocycles. The predicted octanol–water partition coefficient (Wildman–Crippen LogP) is 4.47. The summed E-state index contributed by atoms with van der Waals surface area (Å²) >= 11 is 15.4. The van der Waals surface area contributed by atoms with Crippen LogP contribution in [0.5, 0.6) is 0 Å². The van der Waals surface area contributed by atoms with Gasteiger partial charge >= 0.3 is 0 Å². The van der Waals surface area contributed by atoms with Crippen LogP contribution in [0.1, 0.15) is 0 Å². The minimum Gasteiger partial charge on any atom is -0.273 e. The number of halogens is 3. The number of benzene rings is 1. The molecule has 0 amide bonds. The Morgan fingerprint density at radius 2 is 1.94 bits per heavy atom. The van der Waals surface area contributed by atoms with Gasteiger partial charge in [-0.3, -0.25) is 4.40 Å². The number of rotatable bonds is 1. The molecule has 2 heterocycles. The monoisotopic (exact) mass is 341 g/mol. The largest absolute Gasteiger partial charge is 0.273 e. The van der Waals surface area contributed by atoms with Gasteiger partial charge in [0, 0.05) is 22.3 Å². The molecular weight excluding hydrogens is 337 g/mol. The molecule has 0 unspecified atom stereocenters. The van der Waals surface area contributed by atoms with Crippen molar-refractivity contribution in [3.8, 4) is 11.3 Å². The van der Waals surface area contributed by atoms with Gasteiger partial charge in [-0.1, -0.05) is 51.3 Å². The van der Waals surface area contributed by atoms with E-state index in [1.807, 2.05) is 30.5 Å². The summed E-state index contributed by atoms with van der Waals surface area (Å²) in [5.41, 5.74) is 1.79. The molecule has 0 fully saturated rings. The SMILES string of the molecule is Clc1cc(Cl)n2cc(-c3cccc(Br)c3)nc2n1. The normalized spacial score (nSPS) is 11.1. The van der Waals surface area contributed by atoms with Gasteiger partial charge in [-0.25, -0.2) is 9.97 Å². The molecule has 0 aliphatic carbocycles. The second kappa shape index (κ2) is 4.53. The number of hydrogen-bond acceptors (Lipinski definition) is 2. The molecule has 1 aromatic carbocycles. The maximum absolute atomic E-state index is 6.08. The fraction of sp³-hybridized carbons (Fsp3) is 0. The summed E-state index contributed by atoms with van der Waals surface area (Å²) < 4.78 is 2.69. The molecule has 2 aromatic heterocycles. The third-order valence-corrected chi connectivity index (χ3v) is 3.46. The molecule has 0 aliphatic heterocycles. The van der Waals surface area contributed by atoms with Gasteiger partial charge in [0.15, 0.2) is 0 Å². The van der Waals surface area contributed by atoms with Crippen molar-refractivity contribution in [1.82, 2.24) is 14.4 Å².